The van der Waals surface area contributed by atoms with Crippen LogP contribution < -0.4 is 10.7 Å². The van der Waals surface area contributed by atoms with Crippen LogP contribution in [0.25, 0.3) is 5.69 Å². The van der Waals surface area contributed by atoms with Crippen molar-refractivity contribution in [3.05, 3.63) is 87.3 Å². The molecule has 1 N–H and O–H groups in total. The van der Waals surface area contributed by atoms with Crippen LogP contribution in [0, 0.1) is 6.92 Å². The highest BCUT2D eigenvalue weighted by molar-refractivity contribution is 6.03. The van der Waals surface area contributed by atoms with Gasteiger partial charge in [0.2, 0.25) is 5.43 Å². The highest BCUT2D eigenvalue weighted by Crippen LogP contribution is 2.33. The van der Waals surface area contributed by atoms with E-state index in [1.165, 1.54) is 49.4 Å². The topological polar surface area (TPSA) is 90.3 Å². The Morgan fingerprint density at radius 3 is 2.39 bits per heavy atom. The second-order valence-electron chi connectivity index (χ2n) is 7.09. The lowest BCUT2D eigenvalue weighted by Gasteiger charge is -2.16. The summed E-state index contributed by atoms with van der Waals surface area (Å²) in [5.41, 5.74) is -1.93. The van der Waals surface area contributed by atoms with Crippen molar-refractivity contribution in [3.63, 3.8) is 0 Å². The average molecular weight is 459 g/mol. The number of benzene rings is 2. The summed E-state index contributed by atoms with van der Waals surface area (Å²) in [5.74, 6) is -1.42. The van der Waals surface area contributed by atoms with Crippen molar-refractivity contribution in [2.75, 3.05) is 11.9 Å². The number of para-hydroxylation sites is 1. The number of nitrogens with zero attached hydrogens (tertiary/aromatic N) is 2. The predicted octanol–water partition coefficient (Wildman–Crippen LogP) is 4.38. The zero-order valence-corrected chi connectivity index (χ0v) is 17.8. The van der Waals surface area contributed by atoms with Gasteiger partial charge in [0.1, 0.15) is 0 Å². The van der Waals surface area contributed by atoms with Gasteiger partial charge in [-0.05, 0) is 49.7 Å². The molecule has 0 unspecified atom stereocenters. The summed E-state index contributed by atoms with van der Waals surface area (Å²) in [6, 6.07) is 11.5. The van der Waals surface area contributed by atoms with Crippen molar-refractivity contribution in [3.8, 4) is 5.69 Å². The first kappa shape index (κ1) is 23.7. The lowest BCUT2D eigenvalue weighted by Crippen LogP contribution is -2.27. The monoisotopic (exact) mass is 459 g/mol. The van der Waals surface area contributed by atoms with Gasteiger partial charge in [-0.3, -0.25) is 9.59 Å². The van der Waals surface area contributed by atoms with Gasteiger partial charge < -0.3 is 10.1 Å². The molecule has 1 amide bonds. The summed E-state index contributed by atoms with van der Waals surface area (Å²) in [7, 11) is 0. The molecule has 172 valence electrons. The van der Waals surface area contributed by atoms with Crippen molar-refractivity contribution >= 4 is 17.6 Å². The molecule has 0 aliphatic carbocycles. The number of nitrogens with one attached hydrogen (secondary N) is 1. The number of hydrogen-bond acceptors (Lipinski definition) is 5. The molecule has 1 aromatic heterocycles. The Kier molecular flexibility index (Phi) is 6.95. The fourth-order valence-electron chi connectivity index (χ4n) is 3.00. The van der Waals surface area contributed by atoms with E-state index in [0.717, 1.165) is 16.8 Å². The van der Waals surface area contributed by atoms with Crippen molar-refractivity contribution in [2.24, 2.45) is 0 Å². The van der Waals surface area contributed by atoms with Gasteiger partial charge in [-0.25, -0.2) is 9.48 Å². The van der Waals surface area contributed by atoms with E-state index >= 15 is 0 Å². The second-order valence-corrected chi connectivity index (χ2v) is 7.09. The Labute approximate surface area is 186 Å². The SMILES string of the molecule is CCCOC(=O)c1ccc(NC(=O)c2nn(-c3ccccc3C(F)(F)F)c(C)cc2=O)cc1. The second kappa shape index (κ2) is 9.68. The standard InChI is InChI=1S/C23H20F3N3O4/c1-3-12-33-22(32)15-8-10-16(11-9-15)27-21(31)20-19(30)13-14(2)29(28-20)18-7-5-4-6-17(18)23(24,25)26/h4-11,13H,3,12H2,1-2H3,(H,27,31). The molecule has 2 aromatic carbocycles. The Balaban J connectivity index is 1.90. The molecule has 0 spiro atoms. The lowest BCUT2D eigenvalue weighted by molar-refractivity contribution is -0.137. The maximum absolute atomic E-state index is 13.4. The number of aromatic nitrogens is 2. The zero-order valence-electron chi connectivity index (χ0n) is 17.8. The number of carbonyl (C=O) groups is 2. The number of halogens is 3. The van der Waals surface area contributed by atoms with Crippen LogP contribution in [0.5, 0.6) is 0 Å². The molecular formula is C23H20F3N3O4. The third kappa shape index (κ3) is 5.46. The fraction of sp³-hybridized carbons (Fsp3) is 0.217. The average Bonchev–Trinajstić information content (AvgIpc) is 2.77. The van der Waals surface area contributed by atoms with Gasteiger partial charge in [-0.1, -0.05) is 19.1 Å². The number of aryl methyl sites for hydroxylation is 1. The lowest BCUT2D eigenvalue weighted by atomic mass is 10.1. The molecular weight excluding hydrogens is 439 g/mol. The van der Waals surface area contributed by atoms with Crippen molar-refractivity contribution in [2.45, 2.75) is 26.4 Å². The number of carbonyl (C=O) groups excluding carboxylic acids is 2. The first-order valence-corrected chi connectivity index (χ1v) is 9.98. The van der Waals surface area contributed by atoms with Crippen LogP contribution in [-0.2, 0) is 10.9 Å². The maximum atomic E-state index is 13.4. The number of anilines is 1. The summed E-state index contributed by atoms with van der Waals surface area (Å²) in [5, 5.41) is 6.37. The number of hydrogen-bond donors (Lipinski definition) is 1. The molecule has 0 aliphatic heterocycles. The van der Waals surface area contributed by atoms with Gasteiger partial charge in [-0.2, -0.15) is 18.3 Å². The van der Waals surface area contributed by atoms with Crippen LogP contribution in [0.4, 0.5) is 18.9 Å². The first-order chi connectivity index (χ1) is 15.6. The number of rotatable bonds is 6. The smallest absolute Gasteiger partial charge is 0.418 e. The van der Waals surface area contributed by atoms with Gasteiger partial charge >= 0.3 is 12.1 Å². The number of alkyl halides is 3. The Hall–Kier alpha value is -3.95. The minimum Gasteiger partial charge on any atom is -0.462 e. The predicted molar refractivity (Wildman–Crippen MR) is 115 cm³/mol. The number of ether oxygens (including phenoxy) is 1. The molecule has 0 aliphatic rings. The summed E-state index contributed by atoms with van der Waals surface area (Å²) >= 11 is 0. The molecule has 0 radical (unpaired) electrons. The van der Waals surface area contributed by atoms with Crippen LogP contribution in [0.3, 0.4) is 0 Å². The summed E-state index contributed by atoms with van der Waals surface area (Å²) in [6.45, 7) is 3.56. The molecule has 3 rings (SSSR count). The van der Waals surface area contributed by atoms with Crippen LogP contribution in [-0.4, -0.2) is 28.3 Å². The van der Waals surface area contributed by atoms with E-state index in [9.17, 15) is 27.6 Å². The molecule has 33 heavy (non-hydrogen) atoms. The largest absolute Gasteiger partial charge is 0.462 e. The van der Waals surface area contributed by atoms with E-state index < -0.39 is 34.7 Å². The van der Waals surface area contributed by atoms with Crippen LogP contribution >= 0.6 is 0 Å². The van der Waals surface area contributed by atoms with Crippen molar-refractivity contribution < 1.29 is 27.5 Å². The van der Waals surface area contributed by atoms with Gasteiger partial charge in [0, 0.05) is 17.4 Å². The minimum atomic E-state index is -4.66. The summed E-state index contributed by atoms with van der Waals surface area (Å²) < 4.78 is 46.2. The fourth-order valence-corrected chi connectivity index (χ4v) is 3.00. The van der Waals surface area contributed by atoms with Crippen molar-refractivity contribution in [1.29, 1.82) is 0 Å². The zero-order chi connectivity index (χ0) is 24.2. The van der Waals surface area contributed by atoms with E-state index in [1.54, 1.807) is 0 Å². The minimum absolute atomic E-state index is 0.128. The van der Waals surface area contributed by atoms with Gasteiger partial charge in [0.25, 0.3) is 5.91 Å². The van der Waals surface area contributed by atoms with E-state index in [4.69, 9.17) is 4.74 Å². The molecule has 0 fully saturated rings. The summed E-state index contributed by atoms with van der Waals surface area (Å²) in [4.78, 5) is 36.9. The highest BCUT2D eigenvalue weighted by atomic mass is 19.4. The molecule has 3 aromatic rings. The van der Waals surface area contributed by atoms with Crippen LogP contribution in [0.15, 0.2) is 59.4 Å². The highest BCUT2D eigenvalue weighted by Gasteiger charge is 2.34. The van der Waals surface area contributed by atoms with E-state index in [-0.39, 0.29) is 29.2 Å². The van der Waals surface area contributed by atoms with E-state index in [0.29, 0.717) is 6.42 Å². The molecule has 10 heteroatoms. The Bertz CT molecular complexity index is 1230. The third-order valence-electron chi connectivity index (χ3n) is 4.58. The Morgan fingerprint density at radius 2 is 1.76 bits per heavy atom. The van der Waals surface area contributed by atoms with Crippen molar-refractivity contribution in [1.82, 2.24) is 9.78 Å². The van der Waals surface area contributed by atoms with Gasteiger partial charge in [0.15, 0.2) is 5.69 Å². The van der Waals surface area contributed by atoms with E-state index in [1.807, 2.05) is 6.92 Å². The quantitative estimate of drug-likeness (QED) is 0.553. The first-order valence-electron chi connectivity index (χ1n) is 9.98. The normalized spacial score (nSPS) is 11.2. The molecule has 7 nitrogen and oxygen atoms in total. The number of esters is 1. The maximum Gasteiger partial charge on any atom is 0.418 e. The third-order valence-corrected chi connectivity index (χ3v) is 4.58. The van der Waals surface area contributed by atoms with Gasteiger partial charge in [-0.15, -0.1) is 0 Å². The molecule has 0 bridgehead atoms. The molecule has 0 saturated carbocycles. The van der Waals surface area contributed by atoms with E-state index in [2.05, 4.69) is 10.4 Å². The van der Waals surface area contributed by atoms with Crippen LogP contribution in [0.2, 0.25) is 0 Å². The molecule has 0 saturated heterocycles. The van der Waals surface area contributed by atoms with Gasteiger partial charge in [0.05, 0.1) is 23.4 Å². The number of amides is 1. The van der Waals surface area contributed by atoms with Crippen LogP contribution in [0.1, 0.15) is 45.4 Å². The Morgan fingerprint density at radius 1 is 1.09 bits per heavy atom. The molecule has 1 heterocycles. The molecule has 0 atom stereocenters. The summed E-state index contributed by atoms with van der Waals surface area (Å²) in [6.07, 6.45) is -3.98.